The number of rotatable bonds is 6. The molecule has 5 heteroatoms. The Morgan fingerprint density at radius 1 is 1.07 bits per heavy atom. The quantitative estimate of drug-likeness (QED) is 0.617. The van der Waals surface area contributed by atoms with E-state index in [0.717, 1.165) is 11.3 Å². The summed E-state index contributed by atoms with van der Waals surface area (Å²) in [6.07, 6.45) is 0.707. The van der Waals surface area contributed by atoms with Crippen LogP contribution in [0.1, 0.15) is 30.5 Å². The summed E-state index contributed by atoms with van der Waals surface area (Å²) in [4.78, 5) is 12.6. The fraction of sp³-hybridized carbons (Fsp3) is 0.261. The molecule has 1 aliphatic rings. The molecule has 0 spiro atoms. The number of benzene rings is 3. The molecule has 1 amide bonds. The second kappa shape index (κ2) is 8.42. The molecule has 0 bridgehead atoms. The molecule has 28 heavy (non-hydrogen) atoms. The molecule has 1 fully saturated rings. The predicted molar refractivity (Wildman–Crippen MR) is 111 cm³/mol. The van der Waals surface area contributed by atoms with Gasteiger partial charge >= 0.3 is 0 Å². The third-order valence-electron chi connectivity index (χ3n) is 5.09. The Labute approximate surface area is 165 Å². The highest BCUT2D eigenvalue weighted by atomic mass is 16.5. The van der Waals surface area contributed by atoms with Crippen molar-refractivity contribution in [2.24, 2.45) is 0 Å². The molecule has 0 radical (unpaired) electrons. The third-order valence-corrected chi connectivity index (χ3v) is 5.09. The molecule has 2 atom stereocenters. The number of carbonyl (C=O) groups excluding carboxylic acids is 1. The number of fused-ring (bicyclic) bond motifs is 1. The van der Waals surface area contributed by atoms with E-state index in [0.29, 0.717) is 19.6 Å². The van der Waals surface area contributed by atoms with E-state index in [1.165, 1.54) is 16.3 Å². The average molecular weight is 375 g/mol. The first-order chi connectivity index (χ1) is 13.7. The Morgan fingerprint density at radius 3 is 2.79 bits per heavy atom. The van der Waals surface area contributed by atoms with Crippen LogP contribution in [0.15, 0.2) is 66.7 Å². The highest BCUT2D eigenvalue weighted by Crippen LogP contribution is 2.29. The van der Waals surface area contributed by atoms with E-state index in [2.05, 4.69) is 52.6 Å². The lowest BCUT2D eigenvalue weighted by Crippen LogP contribution is -2.42. The maximum absolute atomic E-state index is 12.6. The van der Waals surface area contributed by atoms with E-state index in [4.69, 9.17) is 4.74 Å². The molecule has 1 saturated heterocycles. The van der Waals surface area contributed by atoms with E-state index in [1.807, 2.05) is 37.3 Å². The summed E-state index contributed by atoms with van der Waals surface area (Å²) in [5, 5.41) is 5.45. The Bertz CT molecular complexity index is 967. The highest BCUT2D eigenvalue weighted by Gasteiger charge is 2.30. The average Bonchev–Trinajstić information content (AvgIpc) is 3.22. The fourth-order valence-electron chi connectivity index (χ4n) is 3.71. The Hall–Kier alpha value is -2.89. The summed E-state index contributed by atoms with van der Waals surface area (Å²) in [5.41, 5.74) is 8.68. The third kappa shape index (κ3) is 4.01. The molecule has 2 unspecified atom stereocenters. The van der Waals surface area contributed by atoms with Gasteiger partial charge in [0, 0.05) is 12.6 Å². The smallest absolute Gasteiger partial charge is 0.238 e. The van der Waals surface area contributed by atoms with E-state index in [9.17, 15) is 4.79 Å². The molecular formula is C23H25N3O2. The molecule has 0 saturated carbocycles. The van der Waals surface area contributed by atoms with E-state index in [-0.39, 0.29) is 18.0 Å². The molecular weight excluding hydrogens is 350 g/mol. The minimum Gasteiger partial charge on any atom is -0.494 e. The van der Waals surface area contributed by atoms with Crippen LogP contribution in [0.4, 0.5) is 0 Å². The van der Waals surface area contributed by atoms with Gasteiger partial charge in [-0.05, 0) is 47.4 Å². The zero-order valence-electron chi connectivity index (χ0n) is 15.9. The topological polar surface area (TPSA) is 62.4 Å². The lowest BCUT2D eigenvalue weighted by molar-refractivity contribution is -0.123. The number of nitrogens with one attached hydrogen (secondary N) is 3. The number of hydrogen-bond donors (Lipinski definition) is 3. The van der Waals surface area contributed by atoms with Crippen LogP contribution in [0.2, 0.25) is 0 Å². The second-order valence-corrected chi connectivity index (χ2v) is 7.00. The van der Waals surface area contributed by atoms with E-state index < -0.39 is 0 Å². The minimum absolute atomic E-state index is 0.00273. The maximum atomic E-state index is 12.6. The van der Waals surface area contributed by atoms with Gasteiger partial charge in [0.25, 0.3) is 0 Å². The number of hydrazine groups is 1. The first-order valence-corrected chi connectivity index (χ1v) is 9.73. The molecule has 4 rings (SSSR count). The molecule has 3 aromatic rings. The second-order valence-electron chi connectivity index (χ2n) is 7.00. The lowest BCUT2D eigenvalue weighted by Gasteiger charge is -2.13. The molecule has 5 nitrogen and oxygen atoms in total. The van der Waals surface area contributed by atoms with Crippen molar-refractivity contribution in [2.75, 3.05) is 6.61 Å². The van der Waals surface area contributed by atoms with Crippen LogP contribution >= 0.6 is 0 Å². The van der Waals surface area contributed by atoms with Gasteiger partial charge in [0.2, 0.25) is 5.91 Å². The summed E-state index contributed by atoms with van der Waals surface area (Å²) in [6.45, 7) is 3.07. The van der Waals surface area contributed by atoms with E-state index >= 15 is 0 Å². The normalized spacial score (nSPS) is 18.9. The van der Waals surface area contributed by atoms with Crippen molar-refractivity contribution in [1.82, 2.24) is 16.2 Å². The summed E-state index contributed by atoms with van der Waals surface area (Å²) in [5.74, 6) is 0.822. The largest absolute Gasteiger partial charge is 0.494 e. The molecule has 0 aromatic heterocycles. The standard InChI is InChI=1S/C23H25N3O2/c1-2-28-18-10-5-7-16(13-18)15-24-23(27)22-14-21(25-26-22)20-12-6-9-17-8-3-4-11-19(17)20/h3-13,21-22,25-26H,2,14-15H2,1H3,(H,24,27). The van der Waals surface area contributed by atoms with Crippen molar-refractivity contribution >= 4 is 16.7 Å². The molecule has 3 N–H and O–H groups in total. The zero-order valence-corrected chi connectivity index (χ0v) is 15.9. The molecule has 144 valence electrons. The molecule has 3 aromatic carbocycles. The van der Waals surface area contributed by atoms with Gasteiger partial charge in [-0.3, -0.25) is 4.79 Å². The number of carbonyl (C=O) groups is 1. The van der Waals surface area contributed by atoms with Gasteiger partial charge in [-0.1, -0.05) is 54.6 Å². The van der Waals surface area contributed by atoms with Gasteiger partial charge in [-0.25, -0.2) is 10.9 Å². The van der Waals surface area contributed by atoms with Crippen LogP contribution in [-0.4, -0.2) is 18.6 Å². The van der Waals surface area contributed by atoms with E-state index in [1.54, 1.807) is 0 Å². The fourth-order valence-corrected chi connectivity index (χ4v) is 3.71. The Morgan fingerprint density at radius 2 is 1.89 bits per heavy atom. The predicted octanol–water partition coefficient (Wildman–Crippen LogP) is 3.46. The van der Waals surface area contributed by atoms with Gasteiger partial charge in [0.1, 0.15) is 11.8 Å². The minimum atomic E-state index is -0.265. The van der Waals surface area contributed by atoms with Crippen LogP contribution in [0, 0.1) is 0 Å². The van der Waals surface area contributed by atoms with Crippen LogP contribution in [0.5, 0.6) is 5.75 Å². The molecule has 0 aliphatic carbocycles. The van der Waals surface area contributed by atoms with Crippen molar-refractivity contribution in [3.63, 3.8) is 0 Å². The summed E-state index contributed by atoms with van der Waals surface area (Å²) in [6, 6.07) is 22.3. The van der Waals surface area contributed by atoms with Crippen LogP contribution in [-0.2, 0) is 11.3 Å². The molecule has 1 aliphatic heterocycles. The zero-order chi connectivity index (χ0) is 19.3. The summed E-state index contributed by atoms with van der Waals surface area (Å²) >= 11 is 0. The summed E-state index contributed by atoms with van der Waals surface area (Å²) < 4.78 is 5.52. The number of ether oxygens (including phenoxy) is 1. The van der Waals surface area contributed by atoms with Crippen LogP contribution in [0.3, 0.4) is 0 Å². The van der Waals surface area contributed by atoms with Crippen molar-refractivity contribution in [2.45, 2.75) is 32.0 Å². The van der Waals surface area contributed by atoms with Crippen LogP contribution < -0.4 is 20.9 Å². The lowest BCUT2D eigenvalue weighted by atomic mass is 9.96. The maximum Gasteiger partial charge on any atom is 0.238 e. The molecule has 1 heterocycles. The van der Waals surface area contributed by atoms with Crippen LogP contribution in [0.25, 0.3) is 10.8 Å². The highest BCUT2D eigenvalue weighted by molar-refractivity contribution is 5.86. The van der Waals surface area contributed by atoms with Crippen molar-refractivity contribution in [3.8, 4) is 5.75 Å². The Kier molecular flexibility index (Phi) is 5.55. The van der Waals surface area contributed by atoms with Gasteiger partial charge in [-0.15, -0.1) is 0 Å². The van der Waals surface area contributed by atoms with Gasteiger partial charge < -0.3 is 10.1 Å². The van der Waals surface area contributed by atoms with Crippen molar-refractivity contribution < 1.29 is 9.53 Å². The SMILES string of the molecule is CCOc1cccc(CNC(=O)C2CC(c3cccc4ccccc34)NN2)c1. The first kappa shape index (κ1) is 18.5. The summed E-state index contributed by atoms with van der Waals surface area (Å²) in [7, 11) is 0. The van der Waals surface area contributed by atoms with Gasteiger partial charge in [-0.2, -0.15) is 0 Å². The Balaban J connectivity index is 1.38. The monoisotopic (exact) mass is 375 g/mol. The van der Waals surface area contributed by atoms with Crippen molar-refractivity contribution in [3.05, 3.63) is 77.9 Å². The number of amides is 1. The van der Waals surface area contributed by atoms with Gasteiger partial charge in [0.15, 0.2) is 0 Å². The number of hydrogen-bond acceptors (Lipinski definition) is 4. The van der Waals surface area contributed by atoms with Crippen molar-refractivity contribution in [1.29, 1.82) is 0 Å². The first-order valence-electron chi connectivity index (χ1n) is 9.73. The van der Waals surface area contributed by atoms with Gasteiger partial charge in [0.05, 0.1) is 6.61 Å².